The van der Waals surface area contributed by atoms with Crippen LogP contribution in [0, 0.1) is 10.1 Å². The predicted octanol–water partition coefficient (Wildman–Crippen LogP) is 5.91. The third kappa shape index (κ3) is 7.55. The number of nitrogens with zero attached hydrogens (tertiary/aromatic N) is 2. The Kier molecular flexibility index (Phi) is 8.81. The molecule has 0 unspecified atom stereocenters. The predicted molar refractivity (Wildman–Crippen MR) is 135 cm³/mol. The normalized spacial score (nSPS) is 10.8. The van der Waals surface area contributed by atoms with Crippen LogP contribution in [0.2, 0.25) is 5.02 Å². The molecule has 0 saturated carbocycles. The standard InChI is InChI=1S/C22H17Br2ClN4O4/c23-19-9-15(11-27-28-21(30)12-26-17-5-3-16(25)4-6-17)10-20(24)22(19)33-13-14-1-7-18(8-2-14)29(31)32/h1-11,26H,12-13H2,(H,28,30)/b27-11-. The zero-order valence-electron chi connectivity index (χ0n) is 16.9. The molecule has 3 aromatic carbocycles. The van der Waals surface area contributed by atoms with Crippen LogP contribution in [-0.4, -0.2) is 23.6 Å². The fourth-order valence-electron chi connectivity index (χ4n) is 2.63. The van der Waals surface area contributed by atoms with Gasteiger partial charge in [-0.3, -0.25) is 14.9 Å². The highest BCUT2D eigenvalue weighted by molar-refractivity contribution is 9.11. The van der Waals surface area contributed by atoms with E-state index in [2.05, 4.69) is 47.7 Å². The second-order valence-corrected chi connectivity index (χ2v) is 8.82. The van der Waals surface area contributed by atoms with Crippen molar-refractivity contribution < 1.29 is 14.5 Å². The monoisotopic (exact) mass is 594 g/mol. The van der Waals surface area contributed by atoms with E-state index in [1.165, 1.54) is 18.3 Å². The van der Waals surface area contributed by atoms with E-state index in [4.69, 9.17) is 16.3 Å². The Balaban J connectivity index is 1.53. The van der Waals surface area contributed by atoms with Gasteiger partial charge < -0.3 is 10.1 Å². The molecule has 0 aliphatic carbocycles. The fraction of sp³-hybridized carbons (Fsp3) is 0.0909. The fourth-order valence-corrected chi connectivity index (χ4v) is 4.21. The number of hydrogen-bond donors (Lipinski definition) is 2. The van der Waals surface area contributed by atoms with Gasteiger partial charge in [0.05, 0.1) is 26.6 Å². The number of ether oxygens (including phenoxy) is 1. The summed E-state index contributed by atoms with van der Waals surface area (Å²) in [5.74, 6) is 0.268. The third-order valence-corrected chi connectivity index (χ3v) is 5.68. The summed E-state index contributed by atoms with van der Waals surface area (Å²) in [6.07, 6.45) is 1.51. The lowest BCUT2D eigenvalue weighted by Gasteiger charge is -2.11. The lowest BCUT2D eigenvalue weighted by Crippen LogP contribution is -2.25. The van der Waals surface area contributed by atoms with Crippen molar-refractivity contribution in [1.82, 2.24) is 5.43 Å². The second kappa shape index (κ2) is 11.8. The molecule has 1 amide bonds. The van der Waals surface area contributed by atoms with Crippen LogP contribution in [-0.2, 0) is 11.4 Å². The van der Waals surface area contributed by atoms with E-state index in [0.29, 0.717) is 19.7 Å². The van der Waals surface area contributed by atoms with Gasteiger partial charge in [0.1, 0.15) is 12.4 Å². The van der Waals surface area contributed by atoms with Crippen LogP contribution in [0.1, 0.15) is 11.1 Å². The number of amides is 1. The molecule has 8 nitrogen and oxygen atoms in total. The largest absolute Gasteiger partial charge is 0.487 e. The zero-order valence-corrected chi connectivity index (χ0v) is 20.9. The molecule has 0 aromatic heterocycles. The minimum atomic E-state index is -0.448. The number of nitrogens with one attached hydrogen (secondary N) is 2. The Bertz CT molecular complexity index is 1150. The number of rotatable bonds is 9. The number of carbonyl (C=O) groups is 1. The maximum atomic E-state index is 12.0. The van der Waals surface area contributed by atoms with Crippen molar-refractivity contribution in [3.05, 3.63) is 95.9 Å². The number of anilines is 1. The van der Waals surface area contributed by atoms with Crippen molar-refractivity contribution in [2.75, 3.05) is 11.9 Å². The first kappa shape index (κ1) is 24.7. The van der Waals surface area contributed by atoms with E-state index < -0.39 is 4.92 Å². The molecule has 0 bridgehead atoms. The quantitative estimate of drug-likeness (QED) is 0.181. The zero-order chi connectivity index (χ0) is 23.8. The molecule has 33 heavy (non-hydrogen) atoms. The first-order valence-corrected chi connectivity index (χ1v) is 11.4. The molecule has 0 atom stereocenters. The summed E-state index contributed by atoms with van der Waals surface area (Å²) in [5, 5.41) is 18.3. The first-order chi connectivity index (χ1) is 15.8. The molecule has 0 aliphatic heterocycles. The molecule has 170 valence electrons. The van der Waals surface area contributed by atoms with Crippen molar-refractivity contribution in [2.24, 2.45) is 5.10 Å². The lowest BCUT2D eigenvalue weighted by atomic mass is 10.2. The van der Waals surface area contributed by atoms with Crippen LogP contribution in [0.15, 0.2) is 74.7 Å². The van der Waals surface area contributed by atoms with Crippen molar-refractivity contribution in [3.8, 4) is 5.75 Å². The summed E-state index contributed by atoms with van der Waals surface area (Å²) >= 11 is 12.8. The van der Waals surface area contributed by atoms with Crippen molar-refractivity contribution in [3.63, 3.8) is 0 Å². The van der Waals surface area contributed by atoms with Gasteiger partial charge in [-0.2, -0.15) is 5.10 Å². The Labute approximate surface area is 211 Å². The number of hydrazone groups is 1. The summed E-state index contributed by atoms with van der Waals surface area (Å²) in [6, 6.07) is 16.7. The molecule has 0 heterocycles. The van der Waals surface area contributed by atoms with E-state index in [9.17, 15) is 14.9 Å². The Morgan fingerprint density at radius 1 is 1.09 bits per heavy atom. The molecular formula is C22H17Br2ClN4O4. The Hall–Kier alpha value is -2.95. The molecule has 2 N–H and O–H groups in total. The lowest BCUT2D eigenvalue weighted by molar-refractivity contribution is -0.384. The highest BCUT2D eigenvalue weighted by Gasteiger charge is 2.10. The van der Waals surface area contributed by atoms with E-state index in [-0.39, 0.29) is 24.7 Å². The van der Waals surface area contributed by atoms with Gasteiger partial charge in [-0.1, -0.05) is 11.6 Å². The molecule has 11 heteroatoms. The Morgan fingerprint density at radius 2 is 1.73 bits per heavy atom. The van der Waals surface area contributed by atoms with E-state index in [1.807, 2.05) is 0 Å². The maximum absolute atomic E-state index is 12.0. The summed E-state index contributed by atoms with van der Waals surface area (Å²) in [7, 11) is 0. The summed E-state index contributed by atoms with van der Waals surface area (Å²) in [5.41, 5.74) is 4.77. The molecule has 0 spiro atoms. The van der Waals surface area contributed by atoms with E-state index >= 15 is 0 Å². The van der Waals surface area contributed by atoms with Gasteiger partial charge in [0.15, 0.2) is 0 Å². The number of hydrogen-bond acceptors (Lipinski definition) is 6. The van der Waals surface area contributed by atoms with Crippen LogP contribution in [0.4, 0.5) is 11.4 Å². The summed E-state index contributed by atoms with van der Waals surface area (Å²) < 4.78 is 7.19. The van der Waals surface area contributed by atoms with Gasteiger partial charge in [-0.05, 0) is 91.5 Å². The molecule has 0 radical (unpaired) electrons. The van der Waals surface area contributed by atoms with Gasteiger partial charge in [0.2, 0.25) is 0 Å². The van der Waals surface area contributed by atoms with Gasteiger partial charge in [0, 0.05) is 22.8 Å². The smallest absolute Gasteiger partial charge is 0.269 e. The molecule has 0 aliphatic rings. The van der Waals surface area contributed by atoms with Crippen molar-refractivity contribution in [1.29, 1.82) is 0 Å². The van der Waals surface area contributed by atoms with E-state index in [1.54, 1.807) is 48.5 Å². The van der Waals surface area contributed by atoms with Gasteiger partial charge in [0.25, 0.3) is 11.6 Å². The van der Waals surface area contributed by atoms with Gasteiger partial charge >= 0.3 is 0 Å². The maximum Gasteiger partial charge on any atom is 0.269 e. The molecule has 0 fully saturated rings. The van der Waals surface area contributed by atoms with Crippen LogP contribution < -0.4 is 15.5 Å². The van der Waals surface area contributed by atoms with Crippen molar-refractivity contribution >= 4 is 67.0 Å². The number of benzene rings is 3. The van der Waals surface area contributed by atoms with E-state index in [0.717, 1.165) is 16.8 Å². The average Bonchev–Trinajstić information content (AvgIpc) is 2.78. The van der Waals surface area contributed by atoms with Crippen LogP contribution in [0.25, 0.3) is 0 Å². The number of halogens is 3. The van der Waals surface area contributed by atoms with Crippen LogP contribution in [0.5, 0.6) is 5.75 Å². The number of carbonyl (C=O) groups excluding carboxylic acids is 1. The van der Waals surface area contributed by atoms with Gasteiger partial charge in [-0.15, -0.1) is 0 Å². The van der Waals surface area contributed by atoms with Crippen LogP contribution >= 0.6 is 43.5 Å². The summed E-state index contributed by atoms with van der Waals surface area (Å²) in [4.78, 5) is 22.3. The molecule has 3 rings (SSSR count). The first-order valence-electron chi connectivity index (χ1n) is 9.48. The topological polar surface area (TPSA) is 106 Å². The highest BCUT2D eigenvalue weighted by Crippen LogP contribution is 2.35. The number of nitro benzene ring substituents is 1. The molecule has 0 saturated heterocycles. The van der Waals surface area contributed by atoms with Crippen molar-refractivity contribution in [2.45, 2.75) is 6.61 Å². The summed E-state index contributed by atoms with van der Waals surface area (Å²) in [6.45, 7) is 0.293. The minimum Gasteiger partial charge on any atom is -0.487 e. The third-order valence-electron chi connectivity index (χ3n) is 4.25. The van der Waals surface area contributed by atoms with Crippen LogP contribution in [0.3, 0.4) is 0 Å². The molecule has 3 aromatic rings. The second-order valence-electron chi connectivity index (χ2n) is 6.68. The minimum absolute atomic E-state index is 0.0256. The number of non-ortho nitro benzene ring substituents is 1. The average molecular weight is 597 g/mol. The molecular weight excluding hydrogens is 580 g/mol. The highest BCUT2D eigenvalue weighted by atomic mass is 79.9. The number of nitro groups is 1. The van der Waals surface area contributed by atoms with Gasteiger partial charge in [-0.25, -0.2) is 5.43 Å². The Morgan fingerprint density at radius 3 is 2.33 bits per heavy atom. The SMILES string of the molecule is O=C(CNc1ccc(Cl)cc1)N/N=C\c1cc(Br)c(OCc2ccc([N+](=O)[O-])cc2)c(Br)c1.